The molecule has 0 radical (unpaired) electrons. The number of nitrogens with two attached hydrogens (primary N) is 1. The van der Waals surface area contributed by atoms with Crippen LogP contribution in [-0.4, -0.2) is 49.8 Å². The Morgan fingerprint density at radius 1 is 1.48 bits per heavy atom. The highest BCUT2D eigenvalue weighted by molar-refractivity contribution is 14.0. The molecule has 1 aromatic rings. The van der Waals surface area contributed by atoms with E-state index in [0.717, 1.165) is 12.8 Å². The van der Waals surface area contributed by atoms with Gasteiger partial charge in [0.05, 0.1) is 6.54 Å². The Balaban J connectivity index is 0.00000264. The van der Waals surface area contributed by atoms with Gasteiger partial charge in [-0.3, -0.25) is 9.89 Å². The van der Waals surface area contributed by atoms with Crippen LogP contribution < -0.4 is 11.1 Å². The second-order valence-corrected chi connectivity index (χ2v) is 6.52. The van der Waals surface area contributed by atoms with E-state index in [0.29, 0.717) is 32.1 Å². The second kappa shape index (κ2) is 9.67. The van der Waals surface area contributed by atoms with Crippen molar-refractivity contribution in [2.24, 2.45) is 16.6 Å². The first-order chi connectivity index (χ1) is 10.4. The molecule has 1 saturated heterocycles. The number of aliphatic imine (C=N–C) groups is 1. The van der Waals surface area contributed by atoms with Crippen LogP contribution in [-0.2, 0) is 6.42 Å². The molecule has 0 amide bonds. The van der Waals surface area contributed by atoms with Crippen LogP contribution in [0.15, 0.2) is 22.5 Å². The molecule has 3 N–H and O–H groups in total. The summed E-state index contributed by atoms with van der Waals surface area (Å²) < 4.78 is 36.9. The molecular weight excluding hydrogens is 440 g/mol. The summed E-state index contributed by atoms with van der Waals surface area (Å²) in [7, 11) is 0. The lowest BCUT2D eigenvalue weighted by atomic mass is 10.1. The SMILES string of the molecule is I.NC(=NCC1CCN(CC(F)(F)F)C1)NCCc1cccs1. The van der Waals surface area contributed by atoms with E-state index in [-0.39, 0.29) is 29.9 Å². The van der Waals surface area contributed by atoms with E-state index in [2.05, 4.69) is 16.4 Å². The monoisotopic (exact) mass is 462 g/mol. The molecule has 1 aliphatic heterocycles. The van der Waals surface area contributed by atoms with Crippen molar-refractivity contribution in [1.29, 1.82) is 0 Å². The summed E-state index contributed by atoms with van der Waals surface area (Å²) in [5.41, 5.74) is 5.78. The summed E-state index contributed by atoms with van der Waals surface area (Å²) >= 11 is 1.69. The number of nitrogens with zero attached hydrogens (tertiary/aromatic N) is 2. The smallest absolute Gasteiger partial charge is 0.370 e. The third kappa shape index (κ3) is 8.20. The van der Waals surface area contributed by atoms with Crippen molar-refractivity contribution in [3.05, 3.63) is 22.4 Å². The molecule has 1 aliphatic rings. The van der Waals surface area contributed by atoms with Crippen molar-refractivity contribution in [2.45, 2.75) is 19.0 Å². The molecule has 4 nitrogen and oxygen atoms in total. The maximum absolute atomic E-state index is 12.3. The highest BCUT2D eigenvalue weighted by Gasteiger charge is 2.34. The minimum absolute atomic E-state index is 0. The van der Waals surface area contributed by atoms with Gasteiger partial charge in [0.15, 0.2) is 5.96 Å². The standard InChI is InChI=1S/C14H21F3N4S.HI/c15-14(16,17)10-21-6-4-11(9-21)8-20-13(18)19-5-3-12-2-1-7-22-12;/h1-2,7,11H,3-6,8-10H2,(H3,18,19,20);1H. The molecule has 0 saturated carbocycles. The van der Waals surface area contributed by atoms with Gasteiger partial charge < -0.3 is 11.1 Å². The maximum Gasteiger partial charge on any atom is 0.401 e. The van der Waals surface area contributed by atoms with Gasteiger partial charge in [-0.15, -0.1) is 35.3 Å². The van der Waals surface area contributed by atoms with Crippen molar-refractivity contribution in [3.63, 3.8) is 0 Å². The largest absolute Gasteiger partial charge is 0.401 e. The zero-order valence-electron chi connectivity index (χ0n) is 12.7. The van der Waals surface area contributed by atoms with Gasteiger partial charge in [0.1, 0.15) is 0 Å². The van der Waals surface area contributed by atoms with Crippen LogP contribution in [0.4, 0.5) is 13.2 Å². The number of halogens is 4. The number of nitrogens with one attached hydrogen (secondary N) is 1. The molecule has 1 unspecified atom stereocenters. The van der Waals surface area contributed by atoms with Crippen LogP contribution in [0.25, 0.3) is 0 Å². The van der Waals surface area contributed by atoms with E-state index in [1.165, 1.54) is 9.78 Å². The zero-order valence-corrected chi connectivity index (χ0v) is 15.8. The van der Waals surface area contributed by atoms with E-state index in [4.69, 9.17) is 5.73 Å². The van der Waals surface area contributed by atoms with Gasteiger partial charge in [-0.1, -0.05) is 6.07 Å². The summed E-state index contributed by atoms with van der Waals surface area (Å²) in [4.78, 5) is 6.94. The molecule has 1 atom stereocenters. The van der Waals surface area contributed by atoms with Crippen LogP contribution in [0.5, 0.6) is 0 Å². The van der Waals surface area contributed by atoms with E-state index in [1.807, 2.05) is 11.4 Å². The van der Waals surface area contributed by atoms with Crippen LogP contribution in [0.1, 0.15) is 11.3 Å². The number of hydrogen-bond acceptors (Lipinski definition) is 3. The number of rotatable bonds is 6. The third-order valence-electron chi connectivity index (χ3n) is 3.55. The van der Waals surface area contributed by atoms with Gasteiger partial charge in [-0.25, -0.2) is 0 Å². The average Bonchev–Trinajstić information content (AvgIpc) is 3.06. The van der Waals surface area contributed by atoms with Crippen molar-refractivity contribution in [1.82, 2.24) is 10.2 Å². The molecule has 132 valence electrons. The van der Waals surface area contributed by atoms with Crippen LogP contribution >= 0.6 is 35.3 Å². The lowest BCUT2D eigenvalue weighted by molar-refractivity contribution is -0.143. The fourth-order valence-electron chi connectivity index (χ4n) is 2.51. The first-order valence-corrected chi connectivity index (χ1v) is 8.15. The Morgan fingerprint density at radius 2 is 2.26 bits per heavy atom. The van der Waals surface area contributed by atoms with Crippen LogP contribution in [0.3, 0.4) is 0 Å². The molecule has 0 spiro atoms. The summed E-state index contributed by atoms with van der Waals surface area (Å²) in [5, 5.41) is 5.06. The van der Waals surface area contributed by atoms with Crippen molar-refractivity contribution in [3.8, 4) is 0 Å². The second-order valence-electron chi connectivity index (χ2n) is 5.49. The number of alkyl halides is 3. The topological polar surface area (TPSA) is 53.6 Å². The number of hydrogen-bond donors (Lipinski definition) is 2. The lowest BCUT2D eigenvalue weighted by Crippen LogP contribution is -2.34. The van der Waals surface area contributed by atoms with Crippen molar-refractivity contribution < 1.29 is 13.2 Å². The number of guanidine groups is 1. The van der Waals surface area contributed by atoms with E-state index in [1.54, 1.807) is 11.3 Å². The molecule has 0 aromatic carbocycles. The molecule has 9 heteroatoms. The summed E-state index contributed by atoms with van der Waals surface area (Å²) in [5.74, 6) is 0.519. The van der Waals surface area contributed by atoms with Gasteiger partial charge in [-0.2, -0.15) is 13.2 Å². The fraction of sp³-hybridized carbons (Fsp3) is 0.643. The summed E-state index contributed by atoms with van der Waals surface area (Å²) in [6.45, 7) is 1.27. The van der Waals surface area contributed by atoms with Crippen LogP contribution in [0, 0.1) is 5.92 Å². The van der Waals surface area contributed by atoms with Crippen molar-refractivity contribution >= 4 is 41.3 Å². The predicted octanol–water partition coefficient (Wildman–Crippen LogP) is 2.70. The van der Waals surface area contributed by atoms with Gasteiger partial charge in [0.2, 0.25) is 0 Å². The van der Waals surface area contributed by atoms with Gasteiger partial charge in [0.25, 0.3) is 0 Å². The Labute approximate surface area is 155 Å². The first-order valence-electron chi connectivity index (χ1n) is 7.27. The molecule has 0 bridgehead atoms. The summed E-state index contributed by atoms with van der Waals surface area (Å²) in [6.07, 6.45) is -2.50. The molecular formula is C14H22F3IN4S. The summed E-state index contributed by atoms with van der Waals surface area (Å²) in [6, 6.07) is 4.07. The van der Waals surface area contributed by atoms with E-state index >= 15 is 0 Å². The molecule has 2 heterocycles. The predicted molar refractivity (Wildman–Crippen MR) is 98.5 cm³/mol. The molecule has 1 fully saturated rings. The Hall–Kier alpha value is -0.550. The van der Waals surface area contributed by atoms with Gasteiger partial charge >= 0.3 is 6.18 Å². The third-order valence-corrected chi connectivity index (χ3v) is 4.49. The quantitative estimate of drug-likeness (QED) is 0.389. The van der Waals surface area contributed by atoms with Gasteiger partial charge in [0, 0.05) is 24.5 Å². The Kier molecular flexibility index (Phi) is 8.62. The minimum atomic E-state index is -4.12. The van der Waals surface area contributed by atoms with E-state index < -0.39 is 12.7 Å². The first kappa shape index (κ1) is 20.5. The highest BCUT2D eigenvalue weighted by Crippen LogP contribution is 2.22. The van der Waals surface area contributed by atoms with E-state index in [9.17, 15) is 13.2 Å². The zero-order chi connectivity index (χ0) is 16.0. The molecule has 2 rings (SSSR count). The van der Waals surface area contributed by atoms with Crippen molar-refractivity contribution in [2.75, 3.05) is 32.7 Å². The lowest BCUT2D eigenvalue weighted by Gasteiger charge is -2.17. The number of likely N-dealkylation sites (tertiary alicyclic amines) is 1. The van der Waals surface area contributed by atoms with Crippen LogP contribution in [0.2, 0.25) is 0 Å². The molecule has 1 aromatic heterocycles. The molecule has 23 heavy (non-hydrogen) atoms. The Morgan fingerprint density at radius 3 is 2.91 bits per heavy atom. The number of thiophene rings is 1. The van der Waals surface area contributed by atoms with Gasteiger partial charge in [-0.05, 0) is 36.8 Å². The normalized spacial score (nSPS) is 19.6. The minimum Gasteiger partial charge on any atom is -0.370 e. The maximum atomic E-state index is 12.3. The molecule has 0 aliphatic carbocycles. The fourth-order valence-corrected chi connectivity index (χ4v) is 3.22. The Bertz CT molecular complexity index is 479. The highest BCUT2D eigenvalue weighted by atomic mass is 127. The average molecular weight is 462 g/mol.